The van der Waals surface area contributed by atoms with Gasteiger partial charge < -0.3 is 5.11 Å². The lowest BCUT2D eigenvalue weighted by Crippen LogP contribution is -2.47. The maximum Gasteiger partial charge on any atom is 0.234 e. The molecular weight excluding hydrogens is 300 g/mol. The van der Waals surface area contributed by atoms with Gasteiger partial charge in [-0.3, -0.25) is 8.78 Å². The molecule has 22 heavy (non-hydrogen) atoms. The Morgan fingerprint density at radius 2 is 1.91 bits per heavy atom. The van der Waals surface area contributed by atoms with Crippen LogP contribution in [0.1, 0.15) is 37.7 Å². The van der Waals surface area contributed by atoms with Crippen LogP contribution in [-0.4, -0.2) is 39.3 Å². The number of imidazole rings is 1. The molecule has 0 saturated carbocycles. The summed E-state index contributed by atoms with van der Waals surface area (Å²) in [6.07, 6.45) is 12.6. The van der Waals surface area contributed by atoms with E-state index in [0.29, 0.717) is 18.8 Å². The van der Waals surface area contributed by atoms with Crippen molar-refractivity contribution in [2.24, 2.45) is 0 Å². The van der Waals surface area contributed by atoms with Gasteiger partial charge >= 0.3 is 0 Å². The standard InChI is InChI=1S/C15H18N4O2S/c20-15(6-12-2-1-3-13(7-15)22(12)21)11-8-17-14(18-9-11)19-5-4-16-10-19/h4-5,8-10,12-13,20H,1-3,6-7H2. The summed E-state index contributed by atoms with van der Waals surface area (Å²) in [6, 6.07) is 0. The first-order chi connectivity index (χ1) is 10.7. The molecule has 0 aliphatic carbocycles. The topological polar surface area (TPSA) is 80.9 Å². The first-order valence-corrected chi connectivity index (χ1v) is 8.86. The first-order valence-electron chi connectivity index (χ1n) is 7.58. The van der Waals surface area contributed by atoms with Crippen molar-refractivity contribution in [2.45, 2.75) is 48.2 Å². The largest absolute Gasteiger partial charge is 0.385 e. The molecule has 2 aliphatic heterocycles. The third-order valence-electron chi connectivity index (χ3n) is 4.75. The minimum atomic E-state index is -0.947. The molecule has 2 aromatic rings. The molecule has 0 aromatic carbocycles. The fourth-order valence-corrected chi connectivity index (χ4v) is 5.81. The Hall–Kier alpha value is -1.60. The summed E-state index contributed by atoms with van der Waals surface area (Å²) in [5.74, 6) is 0.532. The van der Waals surface area contributed by atoms with Crippen LogP contribution in [0.3, 0.4) is 0 Å². The van der Waals surface area contributed by atoms with E-state index < -0.39 is 16.4 Å². The summed E-state index contributed by atoms with van der Waals surface area (Å²) in [5, 5.41) is 11.3. The van der Waals surface area contributed by atoms with E-state index in [2.05, 4.69) is 15.0 Å². The predicted molar refractivity (Wildman–Crippen MR) is 81.9 cm³/mol. The second-order valence-corrected chi connectivity index (χ2v) is 8.18. The lowest BCUT2D eigenvalue weighted by Gasteiger charge is -2.43. The Balaban J connectivity index is 1.62. The van der Waals surface area contributed by atoms with Gasteiger partial charge in [-0.1, -0.05) is 6.42 Å². The zero-order valence-electron chi connectivity index (χ0n) is 12.1. The summed E-state index contributed by atoms with van der Waals surface area (Å²) in [6.45, 7) is 0. The van der Waals surface area contributed by atoms with E-state index in [9.17, 15) is 9.32 Å². The summed E-state index contributed by atoms with van der Waals surface area (Å²) in [7, 11) is -0.798. The Labute approximate surface area is 131 Å². The van der Waals surface area contributed by atoms with Crippen molar-refractivity contribution in [1.29, 1.82) is 0 Å². The molecule has 2 aliphatic rings. The van der Waals surface area contributed by atoms with E-state index >= 15 is 0 Å². The lowest BCUT2D eigenvalue weighted by molar-refractivity contribution is 0.00591. The highest BCUT2D eigenvalue weighted by atomic mass is 32.2. The van der Waals surface area contributed by atoms with Gasteiger partial charge in [0.1, 0.15) is 6.33 Å². The third-order valence-corrected chi connectivity index (χ3v) is 6.87. The number of fused-ring (bicyclic) bond motifs is 2. The van der Waals surface area contributed by atoms with Gasteiger partial charge in [-0.25, -0.2) is 15.0 Å². The van der Waals surface area contributed by atoms with Gasteiger partial charge in [-0.15, -0.1) is 0 Å². The summed E-state index contributed by atoms with van der Waals surface area (Å²) in [4.78, 5) is 12.6. The van der Waals surface area contributed by atoms with Crippen LogP contribution in [0.4, 0.5) is 0 Å². The molecule has 2 atom stereocenters. The monoisotopic (exact) mass is 318 g/mol. The van der Waals surface area contributed by atoms with Crippen molar-refractivity contribution < 1.29 is 9.32 Å². The molecular formula is C15H18N4O2S. The maximum absolute atomic E-state index is 12.3. The summed E-state index contributed by atoms with van der Waals surface area (Å²) in [5.41, 5.74) is -0.220. The molecule has 7 heteroatoms. The van der Waals surface area contributed by atoms with Gasteiger partial charge in [0.25, 0.3) is 0 Å². The molecule has 0 radical (unpaired) electrons. The number of aliphatic hydroxyl groups is 1. The van der Waals surface area contributed by atoms with Crippen molar-refractivity contribution in [2.75, 3.05) is 0 Å². The van der Waals surface area contributed by atoms with Gasteiger partial charge in [-0.05, 0) is 25.7 Å². The highest BCUT2D eigenvalue weighted by Gasteiger charge is 2.46. The van der Waals surface area contributed by atoms with Crippen LogP contribution in [0, 0.1) is 0 Å². The SMILES string of the molecule is O=S1C2CCCC1CC(O)(c1cnc(-n3ccnc3)nc1)C2. The second-order valence-electron chi connectivity index (χ2n) is 6.18. The fourth-order valence-electron chi connectivity index (χ4n) is 3.59. The summed E-state index contributed by atoms with van der Waals surface area (Å²) < 4.78 is 14.0. The lowest BCUT2D eigenvalue weighted by atomic mass is 9.81. The van der Waals surface area contributed by atoms with Crippen molar-refractivity contribution in [1.82, 2.24) is 19.5 Å². The zero-order chi connectivity index (χ0) is 15.2. The molecule has 2 fully saturated rings. The molecule has 2 saturated heterocycles. The quantitative estimate of drug-likeness (QED) is 0.903. The van der Waals surface area contributed by atoms with Crippen LogP contribution >= 0.6 is 0 Å². The smallest absolute Gasteiger partial charge is 0.234 e. The van der Waals surface area contributed by atoms with Crippen LogP contribution in [0.15, 0.2) is 31.1 Å². The van der Waals surface area contributed by atoms with Gasteiger partial charge in [-0.2, -0.15) is 0 Å². The number of hydrogen-bond acceptors (Lipinski definition) is 5. The minimum Gasteiger partial charge on any atom is -0.385 e. The molecule has 1 N–H and O–H groups in total. The second kappa shape index (κ2) is 5.24. The zero-order valence-corrected chi connectivity index (χ0v) is 12.9. The van der Waals surface area contributed by atoms with Gasteiger partial charge in [0.15, 0.2) is 0 Å². The molecule has 0 amide bonds. The van der Waals surface area contributed by atoms with Crippen molar-refractivity contribution in [3.05, 3.63) is 36.7 Å². The Kier molecular flexibility index (Phi) is 3.34. The molecule has 2 bridgehead atoms. The van der Waals surface area contributed by atoms with Crippen LogP contribution in [0.5, 0.6) is 0 Å². The first kappa shape index (κ1) is 14.0. The van der Waals surface area contributed by atoms with E-state index in [1.54, 1.807) is 35.7 Å². The Morgan fingerprint density at radius 3 is 2.50 bits per heavy atom. The van der Waals surface area contributed by atoms with Gasteiger partial charge in [0, 0.05) is 51.7 Å². The van der Waals surface area contributed by atoms with E-state index in [4.69, 9.17) is 0 Å². The van der Waals surface area contributed by atoms with Gasteiger partial charge in [0.05, 0.1) is 5.60 Å². The summed E-state index contributed by atoms with van der Waals surface area (Å²) >= 11 is 0. The Morgan fingerprint density at radius 1 is 1.23 bits per heavy atom. The number of aromatic nitrogens is 4. The molecule has 116 valence electrons. The highest BCUT2D eigenvalue weighted by Crippen LogP contribution is 2.44. The molecule has 2 aromatic heterocycles. The van der Waals surface area contributed by atoms with Gasteiger partial charge in [0.2, 0.25) is 5.95 Å². The highest BCUT2D eigenvalue weighted by molar-refractivity contribution is 7.86. The van der Waals surface area contributed by atoms with Crippen LogP contribution < -0.4 is 0 Å². The van der Waals surface area contributed by atoms with E-state index in [1.165, 1.54) is 0 Å². The van der Waals surface area contributed by atoms with Crippen molar-refractivity contribution >= 4 is 10.8 Å². The molecule has 2 unspecified atom stereocenters. The van der Waals surface area contributed by atoms with Crippen LogP contribution in [0.2, 0.25) is 0 Å². The molecule has 6 nitrogen and oxygen atoms in total. The molecule has 4 heterocycles. The van der Waals surface area contributed by atoms with Crippen LogP contribution in [0.25, 0.3) is 5.95 Å². The average Bonchev–Trinajstić information content (AvgIpc) is 3.04. The normalized spacial score (nSPS) is 34.5. The average molecular weight is 318 g/mol. The fraction of sp³-hybridized carbons (Fsp3) is 0.533. The Bertz CT molecular complexity index is 670. The van der Waals surface area contributed by atoms with Crippen molar-refractivity contribution in [3.63, 3.8) is 0 Å². The molecule has 0 spiro atoms. The van der Waals surface area contributed by atoms with Crippen LogP contribution in [-0.2, 0) is 16.4 Å². The number of nitrogens with zero attached hydrogens (tertiary/aromatic N) is 4. The minimum absolute atomic E-state index is 0.103. The maximum atomic E-state index is 12.3. The third kappa shape index (κ3) is 2.28. The molecule has 4 rings (SSSR count). The predicted octanol–water partition coefficient (Wildman–Crippen LogP) is 1.31. The van der Waals surface area contributed by atoms with Crippen molar-refractivity contribution in [3.8, 4) is 5.95 Å². The van der Waals surface area contributed by atoms with E-state index in [0.717, 1.165) is 24.8 Å². The number of rotatable bonds is 2. The van der Waals surface area contributed by atoms with E-state index in [1.807, 2.05) is 0 Å². The number of hydrogen-bond donors (Lipinski definition) is 1. The van der Waals surface area contributed by atoms with E-state index in [-0.39, 0.29) is 10.5 Å².